The van der Waals surface area contributed by atoms with Crippen molar-refractivity contribution < 1.29 is 14.6 Å². The Hall–Kier alpha value is -1.35. The van der Waals surface area contributed by atoms with E-state index in [9.17, 15) is 9.90 Å². The molecule has 0 spiro atoms. The Balaban J connectivity index is 2.28. The van der Waals surface area contributed by atoms with Crippen LogP contribution in [-0.4, -0.2) is 24.3 Å². The zero-order chi connectivity index (χ0) is 12.3. The Kier molecular flexibility index (Phi) is 3.79. The summed E-state index contributed by atoms with van der Waals surface area (Å²) in [4.78, 5) is 11.5. The van der Waals surface area contributed by atoms with Gasteiger partial charge in [-0.2, -0.15) is 0 Å². The first kappa shape index (κ1) is 12.1. The molecule has 17 heavy (non-hydrogen) atoms. The van der Waals surface area contributed by atoms with Crippen molar-refractivity contribution >= 4 is 5.97 Å². The maximum Gasteiger partial charge on any atom is 0.311 e. The third kappa shape index (κ3) is 2.67. The Morgan fingerprint density at radius 1 is 1.35 bits per heavy atom. The van der Waals surface area contributed by atoms with E-state index in [4.69, 9.17) is 4.74 Å². The van der Waals surface area contributed by atoms with Crippen LogP contribution in [0.2, 0.25) is 0 Å². The van der Waals surface area contributed by atoms with E-state index in [1.165, 1.54) is 0 Å². The number of aryl methyl sites for hydroxylation is 1. The second-order valence-corrected chi connectivity index (χ2v) is 4.62. The first-order valence-electron chi connectivity index (χ1n) is 6.06. The van der Waals surface area contributed by atoms with Crippen molar-refractivity contribution in [2.75, 3.05) is 13.2 Å². The van der Waals surface area contributed by atoms with E-state index in [0.717, 1.165) is 24.0 Å². The largest absolute Gasteiger partial charge is 0.481 e. The molecule has 1 unspecified atom stereocenters. The van der Waals surface area contributed by atoms with Crippen LogP contribution >= 0.6 is 0 Å². The van der Waals surface area contributed by atoms with Crippen molar-refractivity contribution in [2.45, 2.75) is 25.7 Å². The van der Waals surface area contributed by atoms with Crippen LogP contribution in [-0.2, 0) is 9.53 Å². The van der Waals surface area contributed by atoms with Gasteiger partial charge in [-0.1, -0.05) is 24.3 Å². The van der Waals surface area contributed by atoms with Gasteiger partial charge in [0.05, 0.1) is 5.92 Å². The predicted octanol–water partition coefficient (Wildman–Crippen LogP) is 2.59. The molecule has 0 radical (unpaired) electrons. The van der Waals surface area contributed by atoms with E-state index in [2.05, 4.69) is 0 Å². The zero-order valence-electron chi connectivity index (χ0n) is 10.1. The van der Waals surface area contributed by atoms with Gasteiger partial charge in [-0.05, 0) is 36.8 Å². The summed E-state index contributed by atoms with van der Waals surface area (Å²) < 4.78 is 5.30. The van der Waals surface area contributed by atoms with E-state index in [1.807, 2.05) is 31.2 Å². The van der Waals surface area contributed by atoms with Gasteiger partial charge in [0.25, 0.3) is 0 Å². The molecule has 1 aliphatic heterocycles. The molecule has 0 aromatic heterocycles. The van der Waals surface area contributed by atoms with Crippen LogP contribution in [0.15, 0.2) is 24.3 Å². The van der Waals surface area contributed by atoms with Crippen LogP contribution in [0.4, 0.5) is 0 Å². The molecule has 92 valence electrons. The van der Waals surface area contributed by atoms with Crippen LogP contribution in [0, 0.1) is 12.8 Å². The van der Waals surface area contributed by atoms with E-state index >= 15 is 0 Å². The molecule has 3 nitrogen and oxygen atoms in total. The van der Waals surface area contributed by atoms with Crippen molar-refractivity contribution in [3.8, 4) is 0 Å². The highest BCUT2D eigenvalue weighted by Crippen LogP contribution is 2.33. The lowest BCUT2D eigenvalue weighted by molar-refractivity contribution is -0.141. The second-order valence-electron chi connectivity index (χ2n) is 4.62. The number of benzene rings is 1. The van der Waals surface area contributed by atoms with E-state index < -0.39 is 5.97 Å². The van der Waals surface area contributed by atoms with Gasteiger partial charge < -0.3 is 9.84 Å². The second kappa shape index (κ2) is 5.32. The van der Waals surface area contributed by atoms with Crippen molar-refractivity contribution in [3.05, 3.63) is 35.4 Å². The molecule has 1 aliphatic rings. The lowest BCUT2D eigenvalue weighted by atomic mass is 9.80. The van der Waals surface area contributed by atoms with Crippen LogP contribution in [0.5, 0.6) is 0 Å². The number of carboxylic acid groups (broad SMARTS) is 1. The minimum absolute atomic E-state index is 0.197. The van der Waals surface area contributed by atoms with Crippen molar-refractivity contribution in [1.82, 2.24) is 0 Å². The number of hydrogen-bond donors (Lipinski definition) is 1. The molecule has 1 N–H and O–H groups in total. The molecule has 1 fully saturated rings. The van der Waals surface area contributed by atoms with Gasteiger partial charge in [0.1, 0.15) is 0 Å². The molecule has 1 aromatic carbocycles. The summed E-state index contributed by atoms with van der Waals surface area (Å²) in [6, 6.07) is 7.77. The molecular weight excluding hydrogens is 216 g/mol. The summed E-state index contributed by atoms with van der Waals surface area (Å²) in [5.41, 5.74) is 2.01. The minimum Gasteiger partial charge on any atom is -0.481 e. The summed E-state index contributed by atoms with van der Waals surface area (Å²) in [5.74, 6) is -0.909. The molecule has 2 rings (SSSR count). The Labute approximate surface area is 101 Å². The highest BCUT2D eigenvalue weighted by molar-refractivity contribution is 5.77. The monoisotopic (exact) mass is 234 g/mol. The van der Waals surface area contributed by atoms with Gasteiger partial charge in [-0.25, -0.2) is 0 Å². The van der Waals surface area contributed by atoms with Gasteiger partial charge in [0, 0.05) is 13.2 Å². The number of carbonyl (C=O) groups is 1. The summed E-state index contributed by atoms with van der Waals surface area (Å²) >= 11 is 0. The fraction of sp³-hybridized carbons (Fsp3) is 0.500. The lowest BCUT2D eigenvalue weighted by Gasteiger charge is -2.28. The Morgan fingerprint density at radius 2 is 2.00 bits per heavy atom. The number of hydrogen-bond acceptors (Lipinski definition) is 2. The molecule has 0 bridgehead atoms. The standard InChI is InChI=1S/C14H18O3/c1-10-4-2-3-5-12(10)13(14(15)16)11-6-8-17-9-7-11/h2-5,11,13H,6-9H2,1H3,(H,15,16). The van der Waals surface area contributed by atoms with Crippen LogP contribution in [0.1, 0.15) is 29.9 Å². The Bertz CT molecular complexity index is 394. The molecule has 0 aliphatic carbocycles. The normalized spacial score (nSPS) is 18.9. The lowest BCUT2D eigenvalue weighted by Crippen LogP contribution is -2.27. The van der Waals surface area contributed by atoms with Gasteiger partial charge in [0.2, 0.25) is 0 Å². The molecule has 0 saturated carbocycles. The van der Waals surface area contributed by atoms with Crippen molar-refractivity contribution in [3.63, 3.8) is 0 Å². The molecule has 0 amide bonds. The average Bonchev–Trinajstić information content (AvgIpc) is 2.33. The maximum atomic E-state index is 11.5. The van der Waals surface area contributed by atoms with E-state index in [0.29, 0.717) is 13.2 Å². The van der Waals surface area contributed by atoms with Crippen LogP contribution < -0.4 is 0 Å². The number of aliphatic carboxylic acids is 1. The molecule has 1 heterocycles. The third-order valence-corrected chi connectivity index (χ3v) is 3.53. The number of ether oxygens (including phenoxy) is 1. The first-order valence-corrected chi connectivity index (χ1v) is 6.06. The summed E-state index contributed by atoms with van der Waals surface area (Å²) in [5, 5.41) is 9.46. The molecule has 3 heteroatoms. The molecule has 1 saturated heterocycles. The van der Waals surface area contributed by atoms with Crippen LogP contribution in [0.3, 0.4) is 0 Å². The Morgan fingerprint density at radius 3 is 2.59 bits per heavy atom. The van der Waals surface area contributed by atoms with Crippen molar-refractivity contribution in [1.29, 1.82) is 0 Å². The van der Waals surface area contributed by atoms with Crippen LogP contribution in [0.25, 0.3) is 0 Å². The summed E-state index contributed by atoms with van der Waals surface area (Å²) in [7, 11) is 0. The summed E-state index contributed by atoms with van der Waals surface area (Å²) in [6.45, 7) is 3.34. The molecule has 1 aromatic rings. The fourth-order valence-corrected chi connectivity index (χ4v) is 2.57. The third-order valence-electron chi connectivity index (χ3n) is 3.53. The highest BCUT2D eigenvalue weighted by Gasteiger charge is 2.31. The van der Waals surface area contributed by atoms with E-state index in [-0.39, 0.29) is 11.8 Å². The zero-order valence-corrected chi connectivity index (χ0v) is 10.1. The van der Waals surface area contributed by atoms with Gasteiger partial charge in [-0.15, -0.1) is 0 Å². The smallest absolute Gasteiger partial charge is 0.311 e. The fourth-order valence-electron chi connectivity index (χ4n) is 2.57. The molecular formula is C14H18O3. The van der Waals surface area contributed by atoms with Crippen molar-refractivity contribution in [2.24, 2.45) is 5.92 Å². The van der Waals surface area contributed by atoms with Gasteiger partial charge in [-0.3, -0.25) is 4.79 Å². The quantitative estimate of drug-likeness (QED) is 0.874. The maximum absolute atomic E-state index is 11.5. The van der Waals surface area contributed by atoms with Gasteiger partial charge in [0.15, 0.2) is 0 Å². The summed E-state index contributed by atoms with van der Waals surface area (Å²) in [6.07, 6.45) is 1.68. The average molecular weight is 234 g/mol. The first-order chi connectivity index (χ1) is 8.20. The highest BCUT2D eigenvalue weighted by atomic mass is 16.5. The van der Waals surface area contributed by atoms with Gasteiger partial charge >= 0.3 is 5.97 Å². The van der Waals surface area contributed by atoms with E-state index in [1.54, 1.807) is 0 Å². The minimum atomic E-state index is -0.716. The SMILES string of the molecule is Cc1ccccc1C(C(=O)O)C1CCOCC1. The number of carboxylic acids is 1. The topological polar surface area (TPSA) is 46.5 Å². The number of rotatable bonds is 3. The predicted molar refractivity (Wildman–Crippen MR) is 65.1 cm³/mol. The molecule has 1 atom stereocenters.